The number of nitrogens with zero attached hydrogens (tertiary/aromatic N) is 2. The lowest BCUT2D eigenvalue weighted by Crippen LogP contribution is -2.03. The van der Waals surface area contributed by atoms with Crippen LogP contribution in [0.3, 0.4) is 0 Å². The summed E-state index contributed by atoms with van der Waals surface area (Å²) in [5.74, 6) is 0. The number of rotatable bonds is 3. The van der Waals surface area contributed by atoms with Gasteiger partial charge in [0.15, 0.2) is 0 Å². The first-order valence-corrected chi connectivity index (χ1v) is 4.09. The average molecular weight is 155 g/mol. The molecule has 0 aliphatic carbocycles. The fraction of sp³-hybridized carbons (Fsp3) is 0.625. The molecule has 3 nitrogen and oxygen atoms in total. The molecule has 0 aliphatic heterocycles. The summed E-state index contributed by atoms with van der Waals surface area (Å²) in [6.45, 7) is 5.73. The van der Waals surface area contributed by atoms with Crippen molar-refractivity contribution in [1.29, 1.82) is 0 Å². The standard InChI is InChI=1S/C6H11N3.C2H6/c7-2-1-4-9-5-3-8-6-9;1-2/h3,5-6H,1-2,4,7H2;1-2H3. The monoisotopic (exact) mass is 155 g/mol. The topological polar surface area (TPSA) is 43.8 Å². The van der Waals surface area contributed by atoms with Gasteiger partial charge in [-0.05, 0) is 13.0 Å². The van der Waals surface area contributed by atoms with Gasteiger partial charge >= 0.3 is 0 Å². The molecular weight excluding hydrogens is 138 g/mol. The van der Waals surface area contributed by atoms with Crippen LogP contribution >= 0.6 is 0 Å². The third kappa shape index (κ3) is 4.56. The molecule has 0 spiro atoms. The van der Waals surface area contributed by atoms with Crippen molar-refractivity contribution in [2.24, 2.45) is 5.73 Å². The van der Waals surface area contributed by atoms with E-state index in [9.17, 15) is 0 Å². The third-order valence-electron chi connectivity index (χ3n) is 1.18. The number of aryl methyl sites for hydroxylation is 1. The minimum Gasteiger partial charge on any atom is -0.337 e. The molecular formula is C8H17N3. The largest absolute Gasteiger partial charge is 0.337 e. The Labute approximate surface area is 68.2 Å². The van der Waals surface area contributed by atoms with E-state index in [1.165, 1.54) is 0 Å². The molecule has 1 heterocycles. The maximum absolute atomic E-state index is 5.31. The zero-order valence-electron chi connectivity index (χ0n) is 7.33. The highest BCUT2D eigenvalue weighted by Gasteiger charge is 1.85. The van der Waals surface area contributed by atoms with Crippen molar-refractivity contribution in [3.8, 4) is 0 Å². The van der Waals surface area contributed by atoms with Crippen molar-refractivity contribution in [2.45, 2.75) is 26.8 Å². The van der Waals surface area contributed by atoms with E-state index in [2.05, 4.69) is 4.98 Å². The normalized spacial score (nSPS) is 8.64. The SMILES string of the molecule is CC.NCCCn1ccnc1. The second-order valence-corrected chi connectivity index (χ2v) is 1.94. The molecule has 11 heavy (non-hydrogen) atoms. The molecule has 0 aliphatic rings. The molecule has 0 saturated carbocycles. The van der Waals surface area contributed by atoms with E-state index >= 15 is 0 Å². The van der Waals surface area contributed by atoms with Crippen molar-refractivity contribution < 1.29 is 0 Å². The Kier molecular flexibility index (Phi) is 6.73. The fourth-order valence-corrected chi connectivity index (χ4v) is 0.693. The molecule has 3 heteroatoms. The van der Waals surface area contributed by atoms with Crippen molar-refractivity contribution >= 4 is 0 Å². The summed E-state index contributed by atoms with van der Waals surface area (Å²) in [5, 5.41) is 0. The zero-order valence-corrected chi connectivity index (χ0v) is 7.33. The van der Waals surface area contributed by atoms with Gasteiger partial charge in [-0.2, -0.15) is 0 Å². The second-order valence-electron chi connectivity index (χ2n) is 1.94. The molecule has 0 amide bonds. The van der Waals surface area contributed by atoms with Crippen LogP contribution in [-0.2, 0) is 6.54 Å². The van der Waals surface area contributed by atoms with Crippen LogP contribution in [0.5, 0.6) is 0 Å². The lowest BCUT2D eigenvalue weighted by atomic mass is 10.4. The molecule has 0 fully saturated rings. The molecule has 1 rings (SSSR count). The van der Waals surface area contributed by atoms with Gasteiger partial charge in [0.1, 0.15) is 0 Å². The highest BCUT2D eigenvalue weighted by Crippen LogP contribution is 1.87. The van der Waals surface area contributed by atoms with Crippen molar-refractivity contribution in [2.75, 3.05) is 6.54 Å². The van der Waals surface area contributed by atoms with Gasteiger partial charge in [0, 0.05) is 18.9 Å². The number of aromatic nitrogens is 2. The average Bonchev–Trinajstić information content (AvgIpc) is 2.57. The Morgan fingerprint density at radius 1 is 1.45 bits per heavy atom. The van der Waals surface area contributed by atoms with Crippen LogP contribution in [0.25, 0.3) is 0 Å². The van der Waals surface area contributed by atoms with Gasteiger partial charge in [0.2, 0.25) is 0 Å². The van der Waals surface area contributed by atoms with Crippen LogP contribution in [0, 0.1) is 0 Å². The van der Waals surface area contributed by atoms with Gasteiger partial charge < -0.3 is 10.3 Å². The minimum absolute atomic E-state index is 0.748. The van der Waals surface area contributed by atoms with E-state index in [4.69, 9.17) is 5.73 Å². The molecule has 0 aromatic carbocycles. The summed E-state index contributed by atoms with van der Waals surface area (Å²) >= 11 is 0. The number of nitrogens with two attached hydrogens (primary N) is 1. The van der Waals surface area contributed by atoms with E-state index in [1.807, 2.05) is 24.6 Å². The maximum Gasteiger partial charge on any atom is 0.0945 e. The van der Waals surface area contributed by atoms with Crippen LogP contribution in [0.2, 0.25) is 0 Å². The van der Waals surface area contributed by atoms with Gasteiger partial charge in [0.05, 0.1) is 6.33 Å². The smallest absolute Gasteiger partial charge is 0.0945 e. The maximum atomic E-state index is 5.31. The Balaban J connectivity index is 0.000000461. The van der Waals surface area contributed by atoms with E-state index in [-0.39, 0.29) is 0 Å². The predicted molar refractivity (Wildman–Crippen MR) is 47.2 cm³/mol. The highest BCUT2D eigenvalue weighted by atomic mass is 15.0. The van der Waals surface area contributed by atoms with Gasteiger partial charge in [-0.15, -0.1) is 0 Å². The molecule has 1 aromatic rings. The van der Waals surface area contributed by atoms with E-state index < -0.39 is 0 Å². The van der Waals surface area contributed by atoms with Crippen molar-refractivity contribution in [3.05, 3.63) is 18.7 Å². The molecule has 0 atom stereocenters. The van der Waals surface area contributed by atoms with Crippen LogP contribution in [0.1, 0.15) is 20.3 Å². The van der Waals surface area contributed by atoms with Crippen LogP contribution in [0.4, 0.5) is 0 Å². The third-order valence-corrected chi connectivity index (χ3v) is 1.18. The molecule has 64 valence electrons. The molecule has 0 bridgehead atoms. The predicted octanol–water partition coefficient (Wildman–Crippen LogP) is 1.26. The summed E-state index contributed by atoms with van der Waals surface area (Å²) in [7, 11) is 0. The lowest BCUT2D eigenvalue weighted by Gasteiger charge is -1.96. The zero-order chi connectivity index (χ0) is 8.53. The molecule has 0 unspecified atom stereocenters. The van der Waals surface area contributed by atoms with Crippen molar-refractivity contribution in [1.82, 2.24) is 9.55 Å². The molecule has 1 aromatic heterocycles. The Bertz CT molecular complexity index is 146. The Hall–Kier alpha value is -0.830. The first-order chi connectivity index (χ1) is 5.43. The molecule has 2 N–H and O–H groups in total. The second kappa shape index (κ2) is 7.28. The van der Waals surface area contributed by atoms with E-state index in [1.54, 1.807) is 12.5 Å². The van der Waals surface area contributed by atoms with Crippen LogP contribution < -0.4 is 5.73 Å². The van der Waals surface area contributed by atoms with Crippen LogP contribution in [-0.4, -0.2) is 16.1 Å². The number of hydrogen-bond acceptors (Lipinski definition) is 2. The molecule has 0 radical (unpaired) electrons. The number of imidazole rings is 1. The fourth-order valence-electron chi connectivity index (χ4n) is 0.693. The Morgan fingerprint density at radius 2 is 2.18 bits per heavy atom. The summed E-state index contributed by atoms with van der Waals surface area (Å²) in [6.07, 6.45) is 6.54. The van der Waals surface area contributed by atoms with E-state index in [0.717, 1.165) is 19.5 Å². The minimum atomic E-state index is 0.748. The van der Waals surface area contributed by atoms with Crippen LogP contribution in [0.15, 0.2) is 18.7 Å². The summed E-state index contributed by atoms with van der Waals surface area (Å²) in [4.78, 5) is 3.90. The first kappa shape index (κ1) is 10.2. The van der Waals surface area contributed by atoms with Gasteiger partial charge in [-0.3, -0.25) is 0 Å². The highest BCUT2D eigenvalue weighted by molar-refractivity contribution is 4.73. The lowest BCUT2D eigenvalue weighted by molar-refractivity contribution is 0.650. The summed E-state index contributed by atoms with van der Waals surface area (Å²) in [5.41, 5.74) is 5.31. The van der Waals surface area contributed by atoms with Gasteiger partial charge in [0.25, 0.3) is 0 Å². The first-order valence-electron chi connectivity index (χ1n) is 4.09. The Morgan fingerprint density at radius 3 is 2.64 bits per heavy atom. The summed E-state index contributed by atoms with van der Waals surface area (Å²) < 4.78 is 2.02. The molecule has 0 saturated heterocycles. The van der Waals surface area contributed by atoms with Gasteiger partial charge in [-0.25, -0.2) is 4.98 Å². The summed E-state index contributed by atoms with van der Waals surface area (Å²) in [6, 6.07) is 0. The van der Waals surface area contributed by atoms with Gasteiger partial charge in [-0.1, -0.05) is 13.8 Å². The quantitative estimate of drug-likeness (QED) is 0.714. The van der Waals surface area contributed by atoms with Crippen molar-refractivity contribution in [3.63, 3.8) is 0 Å². The van der Waals surface area contributed by atoms with E-state index in [0.29, 0.717) is 0 Å². The number of hydrogen-bond donors (Lipinski definition) is 1.